The zero-order valence-electron chi connectivity index (χ0n) is 24.8. The minimum atomic E-state index is -0.577. The Labute approximate surface area is 267 Å². The lowest BCUT2D eigenvalue weighted by Gasteiger charge is -2.46. The van der Waals surface area contributed by atoms with Crippen molar-refractivity contribution in [1.82, 2.24) is 4.98 Å². The zero-order chi connectivity index (χ0) is 30.5. The molecule has 0 spiro atoms. The maximum absolute atomic E-state index is 11.3. The second-order valence-electron chi connectivity index (χ2n) is 11.2. The Morgan fingerprint density at radius 3 is 2.23 bits per heavy atom. The van der Waals surface area contributed by atoms with E-state index in [9.17, 15) is 5.11 Å². The molecule has 3 heterocycles. The van der Waals surface area contributed by atoms with E-state index in [2.05, 4.69) is 31.0 Å². The van der Waals surface area contributed by atoms with Gasteiger partial charge in [0, 0.05) is 29.1 Å². The number of nitrogens with zero attached hydrogens (tertiary/aromatic N) is 1. The van der Waals surface area contributed by atoms with Crippen molar-refractivity contribution < 1.29 is 23.7 Å². The molecule has 0 amide bonds. The minimum Gasteiger partial charge on any atom is -0.508 e. The Morgan fingerprint density at radius 1 is 0.909 bits per heavy atom. The summed E-state index contributed by atoms with van der Waals surface area (Å²) in [6.45, 7) is 5.11. The first-order valence-corrected chi connectivity index (χ1v) is 16.2. The van der Waals surface area contributed by atoms with Gasteiger partial charge in [-0.15, -0.1) is 11.3 Å². The van der Waals surface area contributed by atoms with Gasteiger partial charge in [-0.2, -0.15) is 0 Å². The van der Waals surface area contributed by atoms with Crippen molar-refractivity contribution in [2.24, 2.45) is 5.92 Å². The van der Waals surface area contributed by atoms with Crippen LogP contribution in [0.25, 0.3) is 10.6 Å². The average molecular weight is 630 g/mol. The van der Waals surface area contributed by atoms with Gasteiger partial charge in [-0.1, -0.05) is 86.1 Å². The van der Waals surface area contributed by atoms with E-state index in [1.165, 1.54) is 0 Å². The third-order valence-corrected chi connectivity index (χ3v) is 9.55. The first kappa shape index (κ1) is 30.6. The van der Waals surface area contributed by atoms with Crippen LogP contribution in [0.3, 0.4) is 0 Å². The Bertz CT molecular complexity index is 1630. The predicted octanol–water partition coefficient (Wildman–Crippen LogP) is 9.01. The van der Waals surface area contributed by atoms with Gasteiger partial charge in [0.1, 0.15) is 23.7 Å². The van der Waals surface area contributed by atoms with E-state index in [0.29, 0.717) is 30.2 Å². The molecule has 1 N–H and O–H groups in total. The molecule has 0 saturated carbocycles. The number of halogens is 1. The van der Waals surface area contributed by atoms with E-state index in [4.69, 9.17) is 30.2 Å². The summed E-state index contributed by atoms with van der Waals surface area (Å²) in [7, 11) is 0. The zero-order valence-corrected chi connectivity index (χ0v) is 26.3. The number of phenols is 1. The summed E-state index contributed by atoms with van der Waals surface area (Å²) in [6, 6.07) is 27.5. The molecule has 1 aliphatic heterocycles. The lowest BCUT2D eigenvalue weighted by atomic mass is 9.83. The van der Waals surface area contributed by atoms with Gasteiger partial charge in [0.15, 0.2) is 0 Å². The molecular weight excluding hydrogens is 594 g/mol. The van der Waals surface area contributed by atoms with Crippen LogP contribution in [0.4, 0.5) is 0 Å². The number of benzene rings is 3. The Hall–Kier alpha value is -3.46. The first-order valence-electron chi connectivity index (χ1n) is 15.0. The monoisotopic (exact) mass is 629 g/mol. The molecule has 6 rings (SSSR count). The highest BCUT2D eigenvalue weighted by atomic mass is 35.5. The van der Waals surface area contributed by atoms with Crippen molar-refractivity contribution in [1.29, 1.82) is 0 Å². The number of thiazole rings is 1. The van der Waals surface area contributed by atoms with Crippen LogP contribution >= 0.6 is 22.9 Å². The molecule has 3 aromatic carbocycles. The molecule has 0 radical (unpaired) electrons. The van der Waals surface area contributed by atoms with Crippen LogP contribution in [0.5, 0.6) is 5.75 Å². The molecular formula is C36H36ClNO5S. The van der Waals surface area contributed by atoms with Crippen molar-refractivity contribution in [3.63, 3.8) is 0 Å². The fourth-order valence-corrected chi connectivity index (χ4v) is 6.96. The van der Waals surface area contributed by atoms with Gasteiger partial charge in [0.2, 0.25) is 0 Å². The fourth-order valence-electron chi connectivity index (χ4n) is 5.83. The van der Waals surface area contributed by atoms with Crippen molar-refractivity contribution in [3.05, 3.63) is 130 Å². The van der Waals surface area contributed by atoms with Gasteiger partial charge < -0.3 is 23.7 Å². The first-order chi connectivity index (χ1) is 21.5. The molecule has 0 bridgehead atoms. The van der Waals surface area contributed by atoms with Crippen LogP contribution in [0.2, 0.25) is 5.02 Å². The van der Waals surface area contributed by atoms with Crippen molar-refractivity contribution in [2.45, 2.75) is 64.3 Å². The SMILES string of the molecule is CC[C@H]1O[C@@H](c2cc(Cc3ncc(-c4ccco4)s3)c(Cl)cc2O)[C@H](OCc2ccccc2)[C@@H](OCc2ccccc2)[C@@H]1C. The molecule has 6 nitrogen and oxygen atoms in total. The second kappa shape index (κ2) is 14.1. The van der Waals surface area contributed by atoms with Gasteiger partial charge in [-0.3, -0.25) is 0 Å². The Kier molecular flexibility index (Phi) is 9.79. The van der Waals surface area contributed by atoms with E-state index in [1.807, 2.05) is 72.9 Å². The van der Waals surface area contributed by atoms with Gasteiger partial charge >= 0.3 is 0 Å². The van der Waals surface area contributed by atoms with Crippen LogP contribution in [0, 0.1) is 5.92 Å². The topological polar surface area (TPSA) is 74.0 Å². The highest BCUT2D eigenvalue weighted by molar-refractivity contribution is 7.15. The molecule has 0 unspecified atom stereocenters. The summed E-state index contributed by atoms with van der Waals surface area (Å²) in [4.78, 5) is 5.56. The minimum absolute atomic E-state index is 0.0602. The molecule has 1 fully saturated rings. The molecule has 44 heavy (non-hydrogen) atoms. The van der Waals surface area contributed by atoms with Gasteiger partial charge in [0.25, 0.3) is 0 Å². The van der Waals surface area contributed by atoms with Crippen LogP contribution < -0.4 is 0 Å². The molecule has 228 valence electrons. The van der Waals surface area contributed by atoms with E-state index in [-0.39, 0.29) is 23.9 Å². The summed E-state index contributed by atoms with van der Waals surface area (Å²) >= 11 is 8.25. The lowest BCUT2D eigenvalue weighted by molar-refractivity contribution is -0.235. The number of furan rings is 1. The van der Waals surface area contributed by atoms with Crippen molar-refractivity contribution >= 4 is 22.9 Å². The van der Waals surface area contributed by atoms with Crippen molar-refractivity contribution in [3.8, 4) is 16.4 Å². The molecule has 0 aliphatic carbocycles. The maximum Gasteiger partial charge on any atom is 0.145 e. The summed E-state index contributed by atoms with van der Waals surface area (Å²) in [6.07, 6.45) is 3.33. The third-order valence-electron chi connectivity index (χ3n) is 8.18. The highest BCUT2D eigenvalue weighted by Crippen LogP contribution is 2.44. The quantitative estimate of drug-likeness (QED) is 0.157. The van der Waals surface area contributed by atoms with Crippen LogP contribution in [-0.2, 0) is 33.8 Å². The molecule has 8 heteroatoms. The van der Waals surface area contributed by atoms with E-state index in [1.54, 1.807) is 23.7 Å². The standard InChI is InChI=1S/C36H36ClNO5S/c1-3-30-23(2)34(41-21-24-11-6-4-7-12-24)36(42-22-25-13-8-5-9-14-25)35(43-30)27-17-26(28(37)19-29(27)39)18-33-38-20-32(44-33)31-15-10-16-40-31/h4-17,19-20,23,30,34-36,39H,3,18,21-22H2,1-2H3/t23-,30-,34+,35+,36-/m1/s1. The average Bonchev–Trinajstić information content (AvgIpc) is 3.75. The molecule has 2 aromatic heterocycles. The predicted molar refractivity (Wildman–Crippen MR) is 173 cm³/mol. The second-order valence-corrected chi connectivity index (χ2v) is 12.7. The molecule has 5 atom stereocenters. The summed E-state index contributed by atoms with van der Waals surface area (Å²) in [5.41, 5.74) is 3.62. The molecule has 5 aromatic rings. The van der Waals surface area contributed by atoms with E-state index >= 15 is 0 Å². The number of aromatic hydroxyl groups is 1. The van der Waals surface area contributed by atoms with Gasteiger partial charge in [0.05, 0.1) is 41.6 Å². The van der Waals surface area contributed by atoms with E-state index in [0.717, 1.165) is 38.8 Å². The number of hydrogen-bond donors (Lipinski definition) is 1. The smallest absolute Gasteiger partial charge is 0.145 e. The largest absolute Gasteiger partial charge is 0.508 e. The third kappa shape index (κ3) is 6.93. The number of ether oxygens (including phenoxy) is 3. The molecule has 1 saturated heterocycles. The maximum atomic E-state index is 11.3. The van der Waals surface area contributed by atoms with Crippen molar-refractivity contribution in [2.75, 3.05) is 0 Å². The number of aromatic nitrogens is 1. The van der Waals surface area contributed by atoms with Gasteiger partial charge in [-0.05, 0) is 47.4 Å². The Morgan fingerprint density at radius 2 is 1.59 bits per heavy atom. The summed E-state index contributed by atoms with van der Waals surface area (Å²) in [5.74, 6) is 0.908. The molecule has 1 aliphatic rings. The fraction of sp³-hybridized carbons (Fsp3) is 0.306. The number of rotatable bonds is 11. The normalized spacial score (nSPS) is 21.8. The van der Waals surface area contributed by atoms with Gasteiger partial charge in [-0.25, -0.2) is 4.98 Å². The van der Waals surface area contributed by atoms with Crippen LogP contribution in [0.1, 0.15) is 53.6 Å². The van der Waals surface area contributed by atoms with E-state index < -0.39 is 12.2 Å². The number of phenolic OH excluding ortho intramolecular Hbond substituents is 1. The Balaban J connectivity index is 1.33. The number of hydrogen-bond acceptors (Lipinski definition) is 7. The van der Waals surface area contributed by atoms with Crippen LogP contribution in [0.15, 0.2) is 102 Å². The summed E-state index contributed by atoms with van der Waals surface area (Å²) in [5, 5.41) is 12.7. The summed E-state index contributed by atoms with van der Waals surface area (Å²) < 4.78 is 25.6. The highest BCUT2D eigenvalue weighted by Gasteiger charge is 2.46. The lowest BCUT2D eigenvalue weighted by Crippen LogP contribution is -2.51. The van der Waals surface area contributed by atoms with Crippen LogP contribution in [-0.4, -0.2) is 28.4 Å².